The van der Waals surface area contributed by atoms with Crippen LogP contribution in [-0.4, -0.2) is 65.9 Å². The molecule has 1 spiro atoms. The smallest absolute Gasteiger partial charge is 0.407 e. The molecule has 0 radical (unpaired) electrons. The van der Waals surface area contributed by atoms with Gasteiger partial charge in [0.2, 0.25) is 0 Å². The van der Waals surface area contributed by atoms with Crippen molar-refractivity contribution >= 4 is 41.0 Å². The Labute approximate surface area is 240 Å². The lowest BCUT2D eigenvalue weighted by molar-refractivity contribution is -0.0760. The van der Waals surface area contributed by atoms with E-state index in [0.29, 0.717) is 45.9 Å². The summed E-state index contributed by atoms with van der Waals surface area (Å²) in [4.78, 5) is 42.9. The van der Waals surface area contributed by atoms with Crippen LogP contribution in [0.25, 0.3) is 11.3 Å². The van der Waals surface area contributed by atoms with Crippen molar-refractivity contribution in [2.75, 3.05) is 32.1 Å². The number of carbonyl (C=O) groups excluding carboxylic acids is 2. The second-order valence-corrected chi connectivity index (χ2v) is 12.1. The maximum atomic E-state index is 13.4. The second kappa shape index (κ2) is 11.5. The predicted molar refractivity (Wildman–Crippen MR) is 152 cm³/mol. The van der Waals surface area contributed by atoms with Crippen molar-refractivity contribution in [2.24, 2.45) is 5.41 Å². The van der Waals surface area contributed by atoms with Crippen molar-refractivity contribution in [1.82, 2.24) is 20.3 Å². The highest BCUT2D eigenvalue weighted by molar-refractivity contribution is 6.43. The molecule has 1 aliphatic heterocycles. The zero-order valence-corrected chi connectivity index (χ0v) is 24.9. The first kappa shape index (κ1) is 29.4. The van der Waals surface area contributed by atoms with Crippen LogP contribution >= 0.6 is 23.2 Å². The van der Waals surface area contributed by atoms with Gasteiger partial charge in [0.25, 0.3) is 5.91 Å². The molecule has 39 heavy (non-hydrogen) atoms. The van der Waals surface area contributed by atoms with Crippen LogP contribution in [0.15, 0.2) is 18.2 Å². The van der Waals surface area contributed by atoms with E-state index in [2.05, 4.69) is 10.2 Å². The van der Waals surface area contributed by atoms with Gasteiger partial charge in [-0.25, -0.2) is 19.8 Å². The van der Waals surface area contributed by atoms with Crippen LogP contribution in [0.1, 0.15) is 69.1 Å². The number of anilines is 1. The first-order valence-corrected chi connectivity index (χ1v) is 14.0. The molecule has 2 fully saturated rings. The van der Waals surface area contributed by atoms with Crippen LogP contribution in [0.3, 0.4) is 0 Å². The summed E-state index contributed by atoms with van der Waals surface area (Å²) in [6, 6.07) is 5.35. The molecule has 212 valence electrons. The number of alkyl carbamates (subject to hydrolysis) is 1. The highest BCUT2D eigenvalue weighted by Gasteiger charge is 2.46. The number of carbonyl (C=O) groups is 2. The molecular formula is C28H37Cl2N5O4. The van der Waals surface area contributed by atoms with Gasteiger partial charge < -0.3 is 15.0 Å². The number of ether oxygens (including phenoxy) is 1. The maximum Gasteiger partial charge on any atom is 0.407 e. The molecule has 1 aromatic carbocycles. The highest BCUT2D eigenvalue weighted by atomic mass is 35.5. The van der Waals surface area contributed by atoms with Crippen molar-refractivity contribution in [1.29, 1.82) is 0 Å². The lowest BCUT2D eigenvalue weighted by Gasteiger charge is -2.44. The van der Waals surface area contributed by atoms with E-state index in [4.69, 9.17) is 42.7 Å². The third-order valence-corrected chi connectivity index (χ3v) is 8.50. The molecule has 0 bridgehead atoms. The van der Waals surface area contributed by atoms with Crippen molar-refractivity contribution in [3.05, 3.63) is 39.6 Å². The summed E-state index contributed by atoms with van der Waals surface area (Å²) in [6.07, 6.45) is 4.35. The summed E-state index contributed by atoms with van der Waals surface area (Å²) in [6.45, 7) is 8.79. The SMILES string of the molecule is CON(C)C(=O)c1nc(-c2cccc(Cl)c2Cl)c(C)nc1N1CCC2(CCCC2NC(=O)OC(C)(C)C)CC1. The van der Waals surface area contributed by atoms with Gasteiger partial charge in [-0.2, -0.15) is 0 Å². The predicted octanol–water partition coefficient (Wildman–Crippen LogP) is 6.06. The van der Waals surface area contributed by atoms with Crippen LogP contribution in [0, 0.1) is 12.3 Å². The Bertz CT molecular complexity index is 1240. The quantitative estimate of drug-likeness (QED) is 0.431. The van der Waals surface area contributed by atoms with Gasteiger partial charge in [-0.1, -0.05) is 41.8 Å². The molecule has 1 unspecified atom stereocenters. The Hall–Kier alpha value is -2.62. The zero-order valence-electron chi connectivity index (χ0n) is 23.4. The highest BCUT2D eigenvalue weighted by Crippen LogP contribution is 2.47. The minimum Gasteiger partial charge on any atom is -0.444 e. The number of hydrogen-bond donors (Lipinski definition) is 1. The molecule has 2 aromatic rings. The van der Waals surface area contributed by atoms with E-state index in [9.17, 15) is 9.59 Å². The van der Waals surface area contributed by atoms with E-state index in [1.807, 2.05) is 33.8 Å². The number of nitrogens with zero attached hydrogens (tertiary/aromatic N) is 4. The largest absolute Gasteiger partial charge is 0.444 e. The van der Waals surface area contributed by atoms with Gasteiger partial charge in [0.05, 0.1) is 28.5 Å². The topological polar surface area (TPSA) is 96.9 Å². The lowest BCUT2D eigenvalue weighted by atomic mass is 9.74. The summed E-state index contributed by atoms with van der Waals surface area (Å²) < 4.78 is 5.53. The first-order chi connectivity index (χ1) is 18.3. The molecule has 1 N–H and O–H groups in total. The van der Waals surface area contributed by atoms with Crippen molar-refractivity contribution < 1.29 is 19.2 Å². The molecule has 2 aliphatic rings. The van der Waals surface area contributed by atoms with Gasteiger partial charge in [-0.05, 0) is 64.9 Å². The number of rotatable bonds is 5. The number of hydroxylamine groups is 2. The van der Waals surface area contributed by atoms with Crippen molar-refractivity contribution in [3.8, 4) is 11.3 Å². The molecule has 2 heterocycles. The number of piperidine rings is 1. The van der Waals surface area contributed by atoms with E-state index in [1.54, 1.807) is 12.1 Å². The van der Waals surface area contributed by atoms with Crippen molar-refractivity contribution in [3.63, 3.8) is 0 Å². The molecule has 2 amide bonds. The van der Waals surface area contributed by atoms with Crippen LogP contribution in [0.2, 0.25) is 10.0 Å². The Morgan fingerprint density at radius 2 is 1.85 bits per heavy atom. The monoisotopic (exact) mass is 577 g/mol. The van der Waals surface area contributed by atoms with E-state index in [-0.39, 0.29) is 23.2 Å². The summed E-state index contributed by atoms with van der Waals surface area (Å²) >= 11 is 12.8. The van der Waals surface area contributed by atoms with Gasteiger partial charge in [0, 0.05) is 31.7 Å². The fourth-order valence-corrected chi connectivity index (χ4v) is 6.01. The average molecular weight is 579 g/mol. The normalized spacial score (nSPS) is 18.8. The fraction of sp³-hybridized carbons (Fsp3) is 0.571. The van der Waals surface area contributed by atoms with E-state index >= 15 is 0 Å². The maximum absolute atomic E-state index is 13.4. The zero-order chi connectivity index (χ0) is 28.5. The number of aryl methyl sites for hydroxylation is 1. The molecule has 1 aromatic heterocycles. The van der Waals surface area contributed by atoms with Gasteiger partial charge in [0.1, 0.15) is 5.60 Å². The summed E-state index contributed by atoms with van der Waals surface area (Å²) in [7, 11) is 2.97. The van der Waals surface area contributed by atoms with E-state index in [1.165, 1.54) is 14.2 Å². The molecule has 1 aliphatic carbocycles. The Balaban J connectivity index is 1.62. The molecule has 9 nitrogen and oxygen atoms in total. The van der Waals surface area contributed by atoms with Gasteiger partial charge in [-0.15, -0.1) is 0 Å². The molecule has 4 rings (SSSR count). The van der Waals surface area contributed by atoms with Crippen LogP contribution in [0.4, 0.5) is 10.6 Å². The molecule has 1 saturated carbocycles. The van der Waals surface area contributed by atoms with Gasteiger partial charge in [0.15, 0.2) is 11.5 Å². The lowest BCUT2D eigenvalue weighted by Crippen LogP contribution is -2.51. The van der Waals surface area contributed by atoms with Crippen LogP contribution < -0.4 is 10.2 Å². The summed E-state index contributed by atoms with van der Waals surface area (Å²) in [5, 5.41) is 5.02. The standard InChI is InChI=1S/C28H37Cl2N5O4/c1-17-22(18-9-7-10-19(29)21(18)30)33-23(25(36)34(5)38-6)24(31-17)35-15-13-28(14-16-35)12-8-11-20(28)32-26(37)39-27(2,3)4/h7,9-10,20H,8,11-16H2,1-6H3,(H,32,37). The average Bonchev–Trinajstić information content (AvgIpc) is 3.25. The Morgan fingerprint density at radius 1 is 1.15 bits per heavy atom. The van der Waals surface area contributed by atoms with E-state index < -0.39 is 11.5 Å². The number of nitrogens with one attached hydrogen (secondary N) is 1. The number of benzene rings is 1. The summed E-state index contributed by atoms with van der Waals surface area (Å²) in [5.74, 6) is 0.0952. The number of aromatic nitrogens is 2. The fourth-order valence-electron chi connectivity index (χ4n) is 5.62. The second-order valence-electron chi connectivity index (χ2n) is 11.4. The molecule has 1 saturated heterocycles. The van der Waals surface area contributed by atoms with Gasteiger partial charge in [-0.3, -0.25) is 9.63 Å². The van der Waals surface area contributed by atoms with Crippen LogP contribution in [0.5, 0.6) is 0 Å². The number of hydrogen-bond acceptors (Lipinski definition) is 7. The minimum absolute atomic E-state index is 0.0162. The Kier molecular flexibility index (Phi) is 8.64. The van der Waals surface area contributed by atoms with E-state index in [0.717, 1.165) is 37.2 Å². The van der Waals surface area contributed by atoms with Crippen molar-refractivity contribution in [2.45, 2.75) is 71.4 Å². The first-order valence-electron chi connectivity index (χ1n) is 13.2. The molecule has 1 atom stereocenters. The Morgan fingerprint density at radius 3 is 2.49 bits per heavy atom. The molecule has 11 heteroatoms. The summed E-state index contributed by atoms with van der Waals surface area (Å²) in [5.41, 5.74) is 1.35. The van der Waals surface area contributed by atoms with Crippen LogP contribution in [-0.2, 0) is 9.57 Å². The molecular weight excluding hydrogens is 541 g/mol. The van der Waals surface area contributed by atoms with Gasteiger partial charge >= 0.3 is 6.09 Å². The number of amides is 2. The third-order valence-electron chi connectivity index (χ3n) is 7.68. The minimum atomic E-state index is -0.546. The number of halogens is 2. The third kappa shape index (κ3) is 6.26.